The van der Waals surface area contributed by atoms with Crippen molar-refractivity contribution < 1.29 is 24.3 Å². The second kappa shape index (κ2) is 7.46. The Morgan fingerprint density at radius 2 is 2.14 bits per heavy atom. The number of aliphatic carboxylic acids is 1. The molecule has 9 nitrogen and oxygen atoms in total. The molecule has 118 valence electrons. The average Bonchev–Trinajstić information content (AvgIpc) is 2.43. The fourth-order valence-electron chi connectivity index (χ4n) is 1.81. The molecule has 4 amide bonds. The summed E-state index contributed by atoms with van der Waals surface area (Å²) in [6.07, 6.45) is 0.764. The van der Waals surface area contributed by atoms with Crippen LogP contribution in [0.5, 0.6) is 0 Å². The number of carbonyl (C=O) groups excluding carboxylic acids is 3. The van der Waals surface area contributed by atoms with E-state index in [4.69, 9.17) is 5.11 Å². The second-order valence-corrected chi connectivity index (χ2v) is 4.75. The smallest absolute Gasteiger partial charge is 0.328 e. The van der Waals surface area contributed by atoms with Crippen LogP contribution in [0.25, 0.3) is 0 Å². The van der Waals surface area contributed by atoms with Crippen molar-refractivity contribution in [3.8, 4) is 0 Å². The molecular formula is C12H20N4O5. The molecule has 21 heavy (non-hydrogen) atoms. The van der Waals surface area contributed by atoms with Gasteiger partial charge in [-0.3, -0.25) is 14.5 Å². The van der Waals surface area contributed by atoms with E-state index >= 15 is 0 Å². The summed E-state index contributed by atoms with van der Waals surface area (Å²) >= 11 is 0. The summed E-state index contributed by atoms with van der Waals surface area (Å²) in [4.78, 5) is 47.0. The van der Waals surface area contributed by atoms with Crippen molar-refractivity contribution in [3.63, 3.8) is 0 Å². The number of urea groups is 1. The summed E-state index contributed by atoms with van der Waals surface area (Å²) in [6, 6.07) is -2.71. The molecule has 0 aromatic heterocycles. The van der Waals surface area contributed by atoms with Crippen LogP contribution in [-0.2, 0) is 14.4 Å². The molecule has 1 fully saturated rings. The van der Waals surface area contributed by atoms with Gasteiger partial charge in [0.15, 0.2) is 0 Å². The predicted octanol–water partition coefficient (Wildman–Crippen LogP) is -1.50. The number of carboxylic acid groups (broad SMARTS) is 1. The van der Waals surface area contributed by atoms with E-state index in [2.05, 4.69) is 16.0 Å². The lowest BCUT2D eigenvalue weighted by Crippen LogP contribution is -2.62. The summed E-state index contributed by atoms with van der Waals surface area (Å²) in [5.41, 5.74) is 0. The maximum Gasteiger partial charge on any atom is 0.328 e. The van der Waals surface area contributed by atoms with Gasteiger partial charge in [0, 0.05) is 13.1 Å². The lowest BCUT2D eigenvalue weighted by molar-refractivity contribution is -0.144. The van der Waals surface area contributed by atoms with Crippen LogP contribution in [0.2, 0.25) is 0 Å². The van der Waals surface area contributed by atoms with E-state index < -0.39 is 30.0 Å². The third kappa shape index (κ3) is 4.62. The summed E-state index contributed by atoms with van der Waals surface area (Å²) in [7, 11) is 0. The van der Waals surface area contributed by atoms with Crippen molar-refractivity contribution in [1.82, 2.24) is 20.9 Å². The Balaban J connectivity index is 2.64. The van der Waals surface area contributed by atoms with Gasteiger partial charge in [0.25, 0.3) is 0 Å². The van der Waals surface area contributed by atoms with Gasteiger partial charge in [-0.05, 0) is 13.3 Å². The zero-order chi connectivity index (χ0) is 16.0. The Labute approximate surface area is 122 Å². The summed E-state index contributed by atoms with van der Waals surface area (Å²) < 4.78 is 0. The molecule has 0 bridgehead atoms. The molecule has 0 aliphatic carbocycles. The van der Waals surface area contributed by atoms with E-state index in [-0.39, 0.29) is 19.0 Å². The van der Waals surface area contributed by atoms with E-state index in [1.165, 1.54) is 6.92 Å². The molecule has 0 spiro atoms. The Hall–Kier alpha value is -2.32. The van der Waals surface area contributed by atoms with Gasteiger partial charge in [-0.15, -0.1) is 0 Å². The highest BCUT2D eigenvalue weighted by molar-refractivity contribution is 5.92. The molecule has 1 aliphatic heterocycles. The number of carbonyl (C=O) groups is 4. The number of hydrogen-bond acceptors (Lipinski definition) is 4. The molecule has 1 rings (SSSR count). The first kappa shape index (κ1) is 16.7. The normalized spacial score (nSPS) is 19.4. The van der Waals surface area contributed by atoms with Crippen molar-refractivity contribution in [2.75, 3.05) is 19.6 Å². The third-order valence-corrected chi connectivity index (χ3v) is 3.01. The first-order valence-corrected chi connectivity index (χ1v) is 6.71. The lowest BCUT2D eigenvalue weighted by atomic mass is 10.2. The monoisotopic (exact) mass is 300 g/mol. The van der Waals surface area contributed by atoms with Crippen LogP contribution in [0.4, 0.5) is 4.79 Å². The van der Waals surface area contributed by atoms with Crippen LogP contribution < -0.4 is 16.0 Å². The number of nitrogens with one attached hydrogen (secondary N) is 3. The van der Waals surface area contributed by atoms with E-state index in [0.717, 1.165) is 11.3 Å². The maximum atomic E-state index is 12.0. The predicted molar refractivity (Wildman–Crippen MR) is 72.4 cm³/mol. The number of hydrogen-bond donors (Lipinski definition) is 4. The number of amides is 4. The molecule has 0 aromatic carbocycles. The van der Waals surface area contributed by atoms with Crippen molar-refractivity contribution in [1.29, 1.82) is 0 Å². The van der Waals surface area contributed by atoms with Crippen molar-refractivity contribution >= 4 is 23.8 Å². The molecule has 0 saturated carbocycles. The number of carboxylic acids is 1. The molecular weight excluding hydrogens is 280 g/mol. The first-order valence-electron chi connectivity index (χ1n) is 6.71. The number of rotatable bonds is 5. The molecule has 0 aromatic rings. The van der Waals surface area contributed by atoms with Gasteiger partial charge in [-0.25, -0.2) is 9.59 Å². The molecule has 4 N–H and O–H groups in total. The van der Waals surface area contributed by atoms with Crippen molar-refractivity contribution in [2.45, 2.75) is 32.4 Å². The molecule has 1 aliphatic rings. The highest BCUT2D eigenvalue weighted by atomic mass is 16.4. The van der Waals surface area contributed by atoms with Gasteiger partial charge in [0.2, 0.25) is 11.8 Å². The highest BCUT2D eigenvalue weighted by Crippen LogP contribution is 2.05. The van der Waals surface area contributed by atoms with Crippen LogP contribution in [-0.4, -0.2) is 65.5 Å². The number of nitrogens with zero attached hydrogens (tertiary/aromatic N) is 1. The van der Waals surface area contributed by atoms with Gasteiger partial charge in [-0.1, -0.05) is 6.92 Å². The lowest BCUT2D eigenvalue weighted by Gasteiger charge is -2.33. The third-order valence-electron chi connectivity index (χ3n) is 3.01. The average molecular weight is 300 g/mol. The van der Waals surface area contributed by atoms with Crippen molar-refractivity contribution in [3.05, 3.63) is 0 Å². The minimum absolute atomic E-state index is 0.155. The topological polar surface area (TPSA) is 128 Å². The number of piperazine rings is 1. The van der Waals surface area contributed by atoms with Crippen LogP contribution in [0.1, 0.15) is 20.3 Å². The zero-order valence-electron chi connectivity index (χ0n) is 12.0. The van der Waals surface area contributed by atoms with Crippen LogP contribution >= 0.6 is 0 Å². The molecule has 9 heteroatoms. The van der Waals surface area contributed by atoms with Gasteiger partial charge >= 0.3 is 12.0 Å². The fraction of sp³-hybridized carbons (Fsp3) is 0.667. The maximum absolute atomic E-state index is 12.0. The first-order chi connectivity index (χ1) is 9.86. The molecule has 1 saturated heterocycles. The Morgan fingerprint density at radius 1 is 1.48 bits per heavy atom. The van der Waals surface area contributed by atoms with E-state index in [1.54, 1.807) is 0 Å². The van der Waals surface area contributed by atoms with Crippen LogP contribution in [0.15, 0.2) is 0 Å². The Bertz CT molecular complexity index is 439. The van der Waals surface area contributed by atoms with Gasteiger partial charge in [-0.2, -0.15) is 0 Å². The Morgan fingerprint density at radius 3 is 2.71 bits per heavy atom. The van der Waals surface area contributed by atoms with E-state index in [1.807, 2.05) is 6.92 Å². The second-order valence-electron chi connectivity index (χ2n) is 4.75. The summed E-state index contributed by atoms with van der Waals surface area (Å²) in [6.45, 7) is 3.36. The van der Waals surface area contributed by atoms with Gasteiger partial charge in [0.05, 0.1) is 0 Å². The van der Waals surface area contributed by atoms with Gasteiger partial charge < -0.3 is 21.1 Å². The molecule has 2 atom stereocenters. The Kier molecular flexibility index (Phi) is 5.94. The van der Waals surface area contributed by atoms with Gasteiger partial charge in [0.1, 0.15) is 18.6 Å². The standard InChI is InChI=1S/C12H20N4O5/c1-3-4-13-10(18)7(2)15-12(21)16-6-9(17)14-5-8(16)11(19)20/h7-8H,3-6H2,1-2H3,(H,13,18)(H,14,17)(H,15,21)(H,19,20). The summed E-state index contributed by atoms with van der Waals surface area (Å²) in [5.74, 6) is -2.02. The zero-order valence-corrected chi connectivity index (χ0v) is 12.0. The SMILES string of the molecule is CCCNC(=O)C(C)NC(=O)N1CC(=O)NCC1C(=O)O. The fourth-order valence-corrected chi connectivity index (χ4v) is 1.81. The summed E-state index contributed by atoms with van der Waals surface area (Å²) in [5, 5.41) is 16.4. The molecule has 1 heterocycles. The molecule has 2 unspecified atom stereocenters. The largest absolute Gasteiger partial charge is 0.480 e. The van der Waals surface area contributed by atoms with E-state index in [0.29, 0.717) is 6.54 Å². The van der Waals surface area contributed by atoms with Crippen molar-refractivity contribution in [2.24, 2.45) is 0 Å². The minimum atomic E-state index is -1.21. The minimum Gasteiger partial charge on any atom is -0.480 e. The highest BCUT2D eigenvalue weighted by Gasteiger charge is 2.36. The van der Waals surface area contributed by atoms with Crippen LogP contribution in [0.3, 0.4) is 0 Å². The van der Waals surface area contributed by atoms with Crippen LogP contribution in [0, 0.1) is 0 Å². The van der Waals surface area contributed by atoms with E-state index in [9.17, 15) is 19.2 Å². The quantitative estimate of drug-likeness (QED) is 0.491. The molecule has 0 radical (unpaired) electrons.